The Labute approximate surface area is 132 Å². The number of carbonyl (C=O) groups excluding carboxylic acids is 1. The molecule has 0 aromatic heterocycles. The molecule has 4 nitrogen and oxygen atoms in total. The van der Waals surface area contributed by atoms with Crippen LogP contribution >= 0.6 is 0 Å². The summed E-state index contributed by atoms with van der Waals surface area (Å²) in [6.07, 6.45) is 8.44. The summed E-state index contributed by atoms with van der Waals surface area (Å²) < 4.78 is 0. The van der Waals surface area contributed by atoms with Crippen LogP contribution in [0, 0.1) is 5.92 Å². The number of nitrogens with one attached hydrogen (secondary N) is 2. The Balaban J connectivity index is 1.35. The van der Waals surface area contributed by atoms with Gasteiger partial charge < -0.3 is 10.6 Å². The number of hydrogen-bond acceptors (Lipinski definition) is 2. The molecule has 0 atom stereocenters. The Kier molecular flexibility index (Phi) is 5.11. The number of rotatable bonds is 5. The third-order valence-electron chi connectivity index (χ3n) is 4.38. The standard InChI is InChI=1S/C18H25N3O/c22-18(19-11-8-15-6-7-15)20-17-9-12-21(13-10-17)14-16-4-2-1-3-5-16/h1-5,8,11,15,17H,6-7,9-10,12-14H2,(H2,19,20,22)/b11-8+. The summed E-state index contributed by atoms with van der Waals surface area (Å²) in [5.41, 5.74) is 1.36. The predicted molar refractivity (Wildman–Crippen MR) is 88.3 cm³/mol. The molecule has 1 aromatic carbocycles. The number of likely N-dealkylation sites (tertiary alicyclic amines) is 1. The van der Waals surface area contributed by atoms with Gasteiger partial charge in [0.1, 0.15) is 0 Å². The molecule has 0 spiro atoms. The molecule has 1 aromatic rings. The van der Waals surface area contributed by atoms with Crippen LogP contribution in [-0.2, 0) is 6.54 Å². The van der Waals surface area contributed by atoms with Crippen molar-refractivity contribution in [2.75, 3.05) is 13.1 Å². The average molecular weight is 299 g/mol. The molecule has 1 saturated carbocycles. The maximum Gasteiger partial charge on any atom is 0.318 e. The first-order chi connectivity index (χ1) is 10.8. The second-order valence-electron chi connectivity index (χ2n) is 6.35. The van der Waals surface area contributed by atoms with Crippen molar-refractivity contribution in [3.05, 3.63) is 48.2 Å². The molecule has 2 aliphatic rings. The average Bonchev–Trinajstić information content (AvgIpc) is 3.35. The number of hydrogen-bond donors (Lipinski definition) is 2. The molecule has 3 rings (SSSR count). The van der Waals surface area contributed by atoms with Crippen LogP contribution in [0.3, 0.4) is 0 Å². The van der Waals surface area contributed by atoms with Crippen molar-refractivity contribution in [3.8, 4) is 0 Å². The van der Waals surface area contributed by atoms with Gasteiger partial charge in [0.05, 0.1) is 0 Å². The summed E-state index contributed by atoms with van der Waals surface area (Å²) in [4.78, 5) is 14.3. The van der Waals surface area contributed by atoms with Gasteiger partial charge in [-0.2, -0.15) is 0 Å². The Morgan fingerprint density at radius 3 is 2.55 bits per heavy atom. The predicted octanol–water partition coefficient (Wildman–Crippen LogP) is 2.87. The minimum Gasteiger partial charge on any atom is -0.335 e. The monoisotopic (exact) mass is 299 g/mol. The van der Waals surface area contributed by atoms with E-state index in [0.29, 0.717) is 12.0 Å². The second-order valence-corrected chi connectivity index (χ2v) is 6.35. The van der Waals surface area contributed by atoms with E-state index in [1.54, 1.807) is 6.20 Å². The largest absolute Gasteiger partial charge is 0.335 e. The van der Waals surface area contributed by atoms with E-state index < -0.39 is 0 Å². The molecule has 0 bridgehead atoms. The van der Waals surface area contributed by atoms with Crippen LogP contribution in [0.15, 0.2) is 42.6 Å². The number of carbonyl (C=O) groups is 1. The first-order valence-corrected chi connectivity index (χ1v) is 8.29. The lowest BCUT2D eigenvalue weighted by Gasteiger charge is -2.32. The molecule has 1 heterocycles. The number of amides is 2. The summed E-state index contributed by atoms with van der Waals surface area (Å²) in [6.45, 7) is 3.08. The van der Waals surface area contributed by atoms with Gasteiger partial charge in [-0.3, -0.25) is 4.90 Å². The quantitative estimate of drug-likeness (QED) is 0.878. The molecule has 0 unspecified atom stereocenters. The normalized spacial score (nSPS) is 20.2. The Morgan fingerprint density at radius 1 is 1.14 bits per heavy atom. The summed E-state index contributed by atoms with van der Waals surface area (Å²) in [6, 6.07) is 10.8. The highest BCUT2D eigenvalue weighted by Gasteiger charge is 2.20. The fourth-order valence-electron chi connectivity index (χ4n) is 2.85. The van der Waals surface area contributed by atoms with E-state index >= 15 is 0 Å². The molecule has 0 radical (unpaired) electrons. The lowest BCUT2D eigenvalue weighted by molar-refractivity contribution is 0.187. The van der Waals surface area contributed by atoms with Crippen LogP contribution in [0.1, 0.15) is 31.2 Å². The highest BCUT2D eigenvalue weighted by atomic mass is 16.2. The van der Waals surface area contributed by atoms with E-state index in [9.17, 15) is 4.79 Å². The van der Waals surface area contributed by atoms with E-state index in [0.717, 1.165) is 32.5 Å². The maximum absolute atomic E-state index is 11.8. The molecule has 118 valence electrons. The second kappa shape index (κ2) is 7.45. The van der Waals surface area contributed by atoms with E-state index in [2.05, 4.69) is 51.9 Å². The van der Waals surface area contributed by atoms with Crippen LogP contribution in [0.25, 0.3) is 0 Å². The van der Waals surface area contributed by atoms with Crippen molar-refractivity contribution in [3.63, 3.8) is 0 Å². The van der Waals surface area contributed by atoms with E-state index in [4.69, 9.17) is 0 Å². The zero-order valence-corrected chi connectivity index (χ0v) is 13.0. The van der Waals surface area contributed by atoms with Gasteiger partial charge in [0.2, 0.25) is 0 Å². The lowest BCUT2D eigenvalue weighted by atomic mass is 10.0. The molecule has 2 N–H and O–H groups in total. The first kappa shape index (κ1) is 15.1. The number of piperidine rings is 1. The van der Waals surface area contributed by atoms with Crippen LogP contribution in [0.5, 0.6) is 0 Å². The van der Waals surface area contributed by atoms with Gasteiger partial charge in [-0.1, -0.05) is 36.4 Å². The van der Waals surface area contributed by atoms with Gasteiger partial charge in [-0.05, 0) is 37.2 Å². The Hall–Kier alpha value is -1.81. The van der Waals surface area contributed by atoms with Gasteiger partial charge in [-0.15, -0.1) is 0 Å². The van der Waals surface area contributed by atoms with Gasteiger partial charge in [0.15, 0.2) is 0 Å². The maximum atomic E-state index is 11.8. The highest BCUT2D eigenvalue weighted by Crippen LogP contribution is 2.29. The minimum absolute atomic E-state index is 0.0709. The topological polar surface area (TPSA) is 44.4 Å². The molecular formula is C18H25N3O. The SMILES string of the molecule is O=C(N/C=C/C1CC1)NC1CCN(Cc2ccccc2)CC1. The number of benzene rings is 1. The molecule has 1 aliphatic carbocycles. The van der Waals surface area contributed by atoms with Gasteiger partial charge in [-0.25, -0.2) is 4.79 Å². The fraction of sp³-hybridized carbons (Fsp3) is 0.500. The summed E-state index contributed by atoms with van der Waals surface area (Å²) >= 11 is 0. The molecule has 1 aliphatic heterocycles. The first-order valence-electron chi connectivity index (χ1n) is 8.29. The van der Waals surface area contributed by atoms with Gasteiger partial charge in [0, 0.05) is 31.9 Å². The third-order valence-corrected chi connectivity index (χ3v) is 4.38. The van der Waals surface area contributed by atoms with Crippen molar-refractivity contribution in [1.82, 2.24) is 15.5 Å². The van der Waals surface area contributed by atoms with Crippen molar-refractivity contribution < 1.29 is 4.79 Å². The Morgan fingerprint density at radius 2 is 1.86 bits per heavy atom. The van der Waals surface area contributed by atoms with Crippen LogP contribution in [-0.4, -0.2) is 30.1 Å². The van der Waals surface area contributed by atoms with Crippen LogP contribution in [0.2, 0.25) is 0 Å². The van der Waals surface area contributed by atoms with Gasteiger partial charge >= 0.3 is 6.03 Å². The molecular weight excluding hydrogens is 274 g/mol. The fourth-order valence-corrected chi connectivity index (χ4v) is 2.85. The lowest BCUT2D eigenvalue weighted by Crippen LogP contribution is -2.46. The van der Waals surface area contributed by atoms with Crippen LogP contribution < -0.4 is 10.6 Å². The molecule has 2 fully saturated rings. The molecule has 4 heteroatoms. The van der Waals surface area contributed by atoms with Crippen LogP contribution in [0.4, 0.5) is 4.79 Å². The van der Waals surface area contributed by atoms with Crippen molar-refractivity contribution in [2.24, 2.45) is 5.92 Å². The molecule has 22 heavy (non-hydrogen) atoms. The summed E-state index contributed by atoms with van der Waals surface area (Å²) in [5.74, 6) is 0.696. The smallest absolute Gasteiger partial charge is 0.318 e. The summed E-state index contributed by atoms with van der Waals surface area (Å²) in [7, 11) is 0. The number of allylic oxidation sites excluding steroid dienone is 1. The zero-order valence-electron chi connectivity index (χ0n) is 13.0. The molecule has 2 amide bonds. The van der Waals surface area contributed by atoms with Crippen molar-refractivity contribution in [2.45, 2.75) is 38.3 Å². The number of urea groups is 1. The zero-order chi connectivity index (χ0) is 15.2. The van der Waals surface area contributed by atoms with E-state index in [-0.39, 0.29) is 6.03 Å². The van der Waals surface area contributed by atoms with Crippen molar-refractivity contribution in [1.29, 1.82) is 0 Å². The third kappa shape index (κ3) is 4.88. The Bertz CT molecular complexity index is 502. The minimum atomic E-state index is -0.0709. The molecule has 1 saturated heterocycles. The number of nitrogens with zero attached hydrogens (tertiary/aromatic N) is 1. The van der Waals surface area contributed by atoms with E-state index in [1.807, 2.05) is 0 Å². The van der Waals surface area contributed by atoms with E-state index in [1.165, 1.54) is 18.4 Å². The highest BCUT2D eigenvalue weighted by molar-refractivity contribution is 5.75. The summed E-state index contributed by atoms with van der Waals surface area (Å²) in [5, 5.41) is 5.88. The van der Waals surface area contributed by atoms with Gasteiger partial charge in [0.25, 0.3) is 0 Å². The van der Waals surface area contributed by atoms with Crippen molar-refractivity contribution >= 4 is 6.03 Å².